The van der Waals surface area contributed by atoms with Crippen molar-refractivity contribution in [1.29, 1.82) is 10.5 Å². The van der Waals surface area contributed by atoms with Gasteiger partial charge in [-0.05, 0) is 36.3 Å². The van der Waals surface area contributed by atoms with Gasteiger partial charge < -0.3 is 4.90 Å². The standard InChI is InChI=1S/C19H17N3/c1-2-22(15-17-6-4-3-5-7-17)19-10-8-16(9-11-19)12-18(13-20)14-21/h3-12H,2,15H2,1H3. The van der Waals surface area contributed by atoms with Crippen LogP contribution in [0.2, 0.25) is 0 Å². The van der Waals surface area contributed by atoms with E-state index < -0.39 is 0 Å². The molecule has 2 aromatic rings. The topological polar surface area (TPSA) is 50.8 Å². The maximum absolute atomic E-state index is 8.78. The van der Waals surface area contributed by atoms with Gasteiger partial charge in [0.25, 0.3) is 0 Å². The normalized spacial score (nSPS) is 9.41. The summed E-state index contributed by atoms with van der Waals surface area (Å²) in [7, 11) is 0. The first kappa shape index (κ1) is 15.4. The number of nitrogens with zero attached hydrogens (tertiary/aromatic N) is 3. The molecule has 0 saturated carbocycles. The largest absolute Gasteiger partial charge is 0.367 e. The second kappa shape index (κ2) is 7.67. The fourth-order valence-corrected chi connectivity index (χ4v) is 2.23. The lowest BCUT2D eigenvalue weighted by Crippen LogP contribution is -2.21. The van der Waals surface area contributed by atoms with Gasteiger partial charge in [-0.25, -0.2) is 0 Å². The van der Waals surface area contributed by atoms with Crippen LogP contribution in [0.25, 0.3) is 6.08 Å². The Labute approximate surface area is 131 Å². The number of benzene rings is 2. The molecule has 0 aliphatic carbocycles. The third-order valence-corrected chi connectivity index (χ3v) is 3.41. The predicted octanol–water partition coefficient (Wildman–Crippen LogP) is 4.14. The fraction of sp³-hybridized carbons (Fsp3) is 0.158. The zero-order chi connectivity index (χ0) is 15.8. The highest BCUT2D eigenvalue weighted by molar-refractivity contribution is 5.64. The van der Waals surface area contributed by atoms with Gasteiger partial charge in [0.05, 0.1) is 0 Å². The van der Waals surface area contributed by atoms with Crippen LogP contribution in [0.3, 0.4) is 0 Å². The molecule has 2 rings (SSSR count). The van der Waals surface area contributed by atoms with Crippen LogP contribution < -0.4 is 4.90 Å². The number of anilines is 1. The van der Waals surface area contributed by atoms with Crippen LogP contribution >= 0.6 is 0 Å². The second-order valence-electron chi connectivity index (χ2n) is 4.87. The molecule has 0 bridgehead atoms. The number of nitriles is 2. The fourth-order valence-electron chi connectivity index (χ4n) is 2.23. The molecule has 0 radical (unpaired) electrons. The van der Waals surface area contributed by atoms with Crippen LogP contribution in [0.15, 0.2) is 60.2 Å². The van der Waals surface area contributed by atoms with Gasteiger partial charge in [0.2, 0.25) is 0 Å². The molecule has 0 aliphatic rings. The molecule has 3 nitrogen and oxygen atoms in total. The molecule has 2 aromatic carbocycles. The van der Waals surface area contributed by atoms with E-state index in [1.54, 1.807) is 6.08 Å². The van der Waals surface area contributed by atoms with E-state index in [2.05, 4.69) is 24.0 Å². The Morgan fingerprint density at radius 1 is 1.00 bits per heavy atom. The number of hydrogen-bond acceptors (Lipinski definition) is 3. The average molecular weight is 287 g/mol. The summed E-state index contributed by atoms with van der Waals surface area (Å²) in [6.07, 6.45) is 1.59. The molecular formula is C19H17N3. The average Bonchev–Trinajstić information content (AvgIpc) is 2.59. The van der Waals surface area contributed by atoms with Gasteiger partial charge in [-0.2, -0.15) is 10.5 Å². The van der Waals surface area contributed by atoms with Gasteiger partial charge in [0, 0.05) is 18.8 Å². The third-order valence-electron chi connectivity index (χ3n) is 3.41. The predicted molar refractivity (Wildman–Crippen MR) is 88.8 cm³/mol. The molecule has 0 fully saturated rings. The Morgan fingerprint density at radius 2 is 1.64 bits per heavy atom. The molecule has 0 spiro atoms. The van der Waals surface area contributed by atoms with Crippen LogP contribution in [0.5, 0.6) is 0 Å². The van der Waals surface area contributed by atoms with Crippen molar-refractivity contribution in [3.8, 4) is 12.1 Å². The zero-order valence-electron chi connectivity index (χ0n) is 12.5. The van der Waals surface area contributed by atoms with Crippen molar-refractivity contribution in [1.82, 2.24) is 0 Å². The molecule has 0 aliphatic heterocycles. The summed E-state index contributed by atoms with van der Waals surface area (Å²) in [4.78, 5) is 2.28. The first-order chi connectivity index (χ1) is 10.8. The molecule has 0 saturated heterocycles. The van der Waals surface area contributed by atoms with Crippen molar-refractivity contribution < 1.29 is 0 Å². The second-order valence-corrected chi connectivity index (χ2v) is 4.87. The van der Waals surface area contributed by atoms with Gasteiger partial charge in [0.15, 0.2) is 0 Å². The number of rotatable bonds is 5. The van der Waals surface area contributed by atoms with E-state index in [1.165, 1.54) is 5.56 Å². The molecule has 3 heteroatoms. The molecule has 0 heterocycles. The van der Waals surface area contributed by atoms with Crippen LogP contribution in [0.1, 0.15) is 18.1 Å². The first-order valence-corrected chi connectivity index (χ1v) is 7.17. The van der Waals surface area contributed by atoms with E-state index in [4.69, 9.17) is 10.5 Å². The van der Waals surface area contributed by atoms with Gasteiger partial charge in [-0.3, -0.25) is 0 Å². The third kappa shape index (κ3) is 3.98. The van der Waals surface area contributed by atoms with Crippen LogP contribution in [0, 0.1) is 22.7 Å². The van der Waals surface area contributed by atoms with Crippen LogP contribution in [-0.4, -0.2) is 6.54 Å². The SMILES string of the molecule is CCN(Cc1ccccc1)c1ccc(C=C(C#N)C#N)cc1. The first-order valence-electron chi connectivity index (χ1n) is 7.17. The lowest BCUT2D eigenvalue weighted by Gasteiger charge is -2.23. The molecule has 108 valence electrons. The van der Waals surface area contributed by atoms with Crippen molar-refractivity contribution in [3.63, 3.8) is 0 Å². The van der Waals surface area contributed by atoms with Crippen molar-refractivity contribution in [2.75, 3.05) is 11.4 Å². The molecular weight excluding hydrogens is 270 g/mol. The number of hydrogen-bond donors (Lipinski definition) is 0. The van der Waals surface area contributed by atoms with Gasteiger partial charge in [-0.15, -0.1) is 0 Å². The van der Waals surface area contributed by atoms with E-state index in [0.29, 0.717) is 0 Å². The summed E-state index contributed by atoms with van der Waals surface area (Å²) in [6, 6.07) is 22.0. The zero-order valence-corrected chi connectivity index (χ0v) is 12.5. The Balaban J connectivity index is 2.16. The van der Waals surface area contributed by atoms with Crippen LogP contribution in [-0.2, 0) is 6.54 Å². The minimum atomic E-state index is 0.115. The highest BCUT2D eigenvalue weighted by Gasteiger charge is 2.05. The maximum Gasteiger partial charge on any atom is 0.130 e. The summed E-state index contributed by atoms with van der Waals surface area (Å²) in [5.41, 5.74) is 3.37. The summed E-state index contributed by atoms with van der Waals surface area (Å²) in [5.74, 6) is 0. The minimum Gasteiger partial charge on any atom is -0.367 e. The monoisotopic (exact) mass is 287 g/mol. The Morgan fingerprint density at radius 3 is 2.18 bits per heavy atom. The van der Waals surface area contributed by atoms with Crippen molar-refractivity contribution in [2.24, 2.45) is 0 Å². The van der Waals surface area contributed by atoms with E-state index in [-0.39, 0.29) is 5.57 Å². The smallest absolute Gasteiger partial charge is 0.130 e. The lowest BCUT2D eigenvalue weighted by molar-refractivity contribution is 0.832. The quantitative estimate of drug-likeness (QED) is 0.776. The summed E-state index contributed by atoms with van der Waals surface area (Å²) >= 11 is 0. The van der Waals surface area contributed by atoms with E-state index in [1.807, 2.05) is 54.6 Å². The Kier molecular flexibility index (Phi) is 5.35. The molecule has 0 atom stereocenters. The van der Waals surface area contributed by atoms with Gasteiger partial charge >= 0.3 is 0 Å². The molecule has 0 aromatic heterocycles. The summed E-state index contributed by atoms with van der Waals surface area (Å²) in [5, 5.41) is 17.6. The van der Waals surface area contributed by atoms with E-state index >= 15 is 0 Å². The molecule has 22 heavy (non-hydrogen) atoms. The van der Waals surface area contributed by atoms with Crippen molar-refractivity contribution in [3.05, 3.63) is 71.3 Å². The molecule has 0 amide bonds. The Bertz CT molecular complexity index is 700. The number of allylic oxidation sites excluding steroid dienone is 1. The van der Waals surface area contributed by atoms with E-state index in [9.17, 15) is 0 Å². The van der Waals surface area contributed by atoms with Crippen molar-refractivity contribution >= 4 is 11.8 Å². The van der Waals surface area contributed by atoms with Gasteiger partial charge in [-0.1, -0.05) is 42.5 Å². The highest BCUT2D eigenvalue weighted by Crippen LogP contribution is 2.19. The van der Waals surface area contributed by atoms with Crippen molar-refractivity contribution in [2.45, 2.75) is 13.5 Å². The Hall–Kier alpha value is -3.04. The maximum atomic E-state index is 8.78. The summed E-state index contributed by atoms with van der Waals surface area (Å²) in [6.45, 7) is 3.89. The van der Waals surface area contributed by atoms with Crippen LogP contribution in [0.4, 0.5) is 5.69 Å². The summed E-state index contributed by atoms with van der Waals surface area (Å²) < 4.78 is 0. The molecule has 0 unspecified atom stereocenters. The molecule has 0 N–H and O–H groups in total. The minimum absolute atomic E-state index is 0.115. The van der Waals surface area contributed by atoms with Gasteiger partial charge in [0.1, 0.15) is 17.7 Å². The highest BCUT2D eigenvalue weighted by atomic mass is 15.1. The van der Waals surface area contributed by atoms with E-state index in [0.717, 1.165) is 24.3 Å². The lowest BCUT2D eigenvalue weighted by atomic mass is 10.1.